The number of piperidine rings is 1. The van der Waals surface area contributed by atoms with E-state index in [-0.39, 0.29) is 30.3 Å². The SMILES string of the molecule is Cc1ccccc1CN1CCC(NC(=O)CNC(=O)[C@@H](N)C(C)C)CC1. The largest absolute Gasteiger partial charge is 0.352 e. The number of rotatable bonds is 7. The van der Waals surface area contributed by atoms with Gasteiger partial charge in [0.15, 0.2) is 0 Å². The Bertz CT molecular complexity index is 610. The molecule has 1 saturated heterocycles. The van der Waals surface area contributed by atoms with Crippen molar-refractivity contribution in [2.75, 3.05) is 19.6 Å². The maximum absolute atomic E-state index is 12.0. The summed E-state index contributed by atoms with van der Waals surface area (Å²) in [6.45, 7) is 8.78. The smallest absolute Gasteiger partial charge is 0.239 e. The number of aryl methyl sites for hydroxylation is 1. The normalized spacial score (nSPS) is 17.1. The van der Waals surface area contributed by atoms with Gasteiger partial charge in [0.2, 0.25) is 11.8 Å². The minimum Gasteiger partial charge on any atom is -0.352 e. The molecule has 1 aromatic rings. The molecule has 0 aromatic heterocycles. The zero-order valence-electron chi connectivity index (χ0n) is 16.1. The molecule has 1 heterocycles. The Morgan fingerprint density at radius 1 is 1.23 bits per heavy atom. The summed E-state index contributed by atoms with van der Waals surface area (Å²) < 4.78 is 0. The number of nitrogens with zero attached hydrogens (tertiary/aromatic N) is 1. The summed E-state index contributed by atoms with van der Waals surface area (Å²) in [5.41, 5.74) is 8.45. The van der Waals surface area contributed by atoms with Gasteiger partial charge in [0.05, 0.1) is 12.6 Å². The summed E-state index contributed by atoms with van der Waals surface area (Å²) in [6, 6.07) is 8.05. The minimum atomic E-state index is -0.576. The second-order valence-corrected chi connectivity index (χ2v) is 7.53. The molecule has 0 saturated carbocycles. The molecule has 2 amide bonds. The van der Waals surface area contributed by atoms with Gasteiger partial charge < -0.3 is 16.4 Å². The third-order valence-electron chi connectivity index (χ3n) is 5.05. The quantitative estimate of drug-likeness (QED) is 0.681. The third-order valence-corrected chi connectivity index (χ3v) is 5.05. The highest BCUT2D eigenvalue weighted by Crippen LogP contribution is 2.16. The van der Waals surface area contributed by atoms with Crippen LogP contribution in [0.3, 0.4) is 0 Å². The van der Waals surface area contributed by atoms with Gasteiger partial charge in [-0.2, -0.15) is 0 Å². The van der Waals surface area contributed by atoms with E-state index in [2.05, 4.69) is 46.7 Å². The van der Waals surface area contributed by atoms with Crippen LogP contribution in [0.2, 0.25) is 0 Å². The Kier molecular flexibility index (Phi) is 7.60. The predicted molar refractivity (Wildman–Crippen MR) is 103 cm³/mol. The lowest BCUT2D eigenvalue weighted by Crippen LogP contribution is -2.50. The van der Waals surface area contributed by atoms with Crippen molar-refractivity contribution in [3.8, 4) is 0 Å². The molecule has 26 heavy (non-hydrogen) atoms. The molecule has 144 valence electrons. The van der Waals surface area contributed by atoms with E-state index < -0.39 is 6.04 Å². The zero-order chi connectivity index (χ0) is 19.1. The van der Waals surface area contributed by atoms with Gasteiger partial charge in [-0.1, -0.05) is 38.1 Å². The van der Waals surface area contributed by atoms with Crippen molar-refractivity contribution in [1.29, 1.82) is 0 Å². The number of nitrogens with two attached hydrogens (primary N) is 1. The predicted octanol–water partition coefficient (Wildman–Crippen LogP) is 1.18. The molecule has 0 aliphatic carbocycles. The lowest BCUT2D eigenvalue weighted by Gasteiger charge is -2.32. The number of carbonyl (C=O) groups is 2. The summed E-state index contributed by atoms with van der Waals surface area (Å²) in [6.07, 6.45) is 1.86. The fourth-order valence-corrected chi connectivity index (χ4v) is 3.13. The van der Waals surface area contributed by atoms with Crippen molar-refractivity contribution in [2.45, 2.75) is 52.2 Å². The van der Waals surface area contributed by atoms with E-state index in [4.69, 9.17) is 5.73 Å². The van der Waals surface area contributed by atoms with Gasteiger partial charge in [-0.15, -0.1) is 0 Å². The van der Waals surface area contributed by atoms with Gasteiger partial charge in [-0.25, -0.2) is 0 Å². The van der Waals surface area contributed by atoms with E-state index in [1.807, 2.05) is 13.8 Å². The monoisotopic (exact) mass is 360 g/mol. The first-order valence-electron chi connectivity index (χ1n) is 9.46. The average Bonchev–Trinajstić information content (AvgIpc) is 2.62. The Morgan fingerprint density at radius 3 is 2.50 bits per heavy atom. The Hall–Kier alpha value is -1.92. The number of amides is 2. The van der Waals surface area contributed by atoms with Crippen LogP contribution in [0.5, 0.6) is 0 Å². The second kappa shape index (κ2) is 9.69. The highest BCUT2D eigenvalue weighted by atomic mass is 16.2. The molecule has 0 spiro atoms. The molecule has 1 aliphatic heterocycles. The van der Waals surface area contributed by atoms with Crippen molar-refractivity contribution in [2.24, 2.45) is 11.7 Å². The van der Waals surface area contributed by atoms with Crippen molar-refractivity contribution in [3.63, 3.8) is 0 Å². The summed E-state index contributed by atoms with van der Waals surface area (Å²) >= 11 is 0. The number of hydrogen-bond donors (Lipinski definition) is 3. The van der Waals surface area contributed by atoms with Crippen molar-refractivity contribution in [1.82, 2.24) is 15.5 Å². The van der Waals surface area contributed by atoms with E-state index in [9.17, 15) is 9.59 Å². The van der Waals surface area contributed by atoms with Crippen LogP contribution >= 0.6 is 0 Å². The maximum atomic E-state index is 12.0. The van der Waals surface area contributed by atoms with E-state index in [0.717, 1.165) is 32.5 Å². The van der Waals surface area contributed by atoms with Crippen LogP contribution in [-0.4, -0.2) is 48.4 Å². The first kappa shape index (κ1) is 20.4. The first-order valence-corrected chi connectivity index (χ1v) is 9.46. The molecule has 1 atom stereocenters. The Balaban J connectivity index is 1.69. The van der Waals surface area contributed by atoms with E-state index in [1.54, 1.807) is 0 Å². The van der Waals surface area contributed by atoms with E-state index >= 15 is 0 Å². The molecule has 6 nitrogen and oxygen atoms in total. The highest BCUT2D eigenvalue weighted by Gasteiger charge is 2.22. The van der Waals surface area contributed by atoms with Crippen LogP contribution < -0.4 is 16.4 Å². The Labute approximate surface area is 156 Å². The summed E-state index contributed by atoms with van der Waals surface area (Å²) in [7, 11) is 0. The molecule has 0 bridgehead atoms. The maximum Gasteiger partial charge on any atom is 0.239 e. The van der Waals surface area contributed by atoms with Crippen LogP contribution in [0.1, 0.15) is 37.8 Å². The molecule has 1 fully saturated rings. The number of benzene rings is 1. The zero-order valence-corrected chi connectivity index (χ0v) is 16.1. The van der Waals surface area contributed by atoms with Gasteiger partial charge in [0, 0.05) is 25.7 Å². The van der Waals surface area contributed by atoms with E-state index in [1.165, 1.54) is 11.1 Å². The minimum absolute atomic E-state index is 0.0112. The molecule has 0 unspecified atom stereocenters. The number of likely N-dealkylation sites (tertiary alicyclic amines) is 1. The topological polar surface area (TPSA) is 87.5 Å². The molecule has 1 aliphatic rings. The Morgan fingerprint density at radius 2 is 1.88 bits per heavy atom. The van der Waals surface area contributed by atoms with E-state index in [0.29, 0.717) is 0 Å². The van der Waals surface area contributed by atoms with Crippen LogP contribution in [0.25, 0.3) is 0 Å². The number of nitrogens with one attached hydrogen (secondary N) is 2. The van der Waals surface area contributed by atoms with Crippen LogP contribution in [0.15, 0.2) is 24.3 Å². The van der Waals surface area contributed by atoms with Gasteiger partial charge in [0.25, 0.3) is 0 Å². The summed E-state index contributed by atoms with van der Waals surface area (Å²) in [5, 5.41) is 5.63. The van der Waals surface area contributed by atoms with Gasteiger partial charge in [-0.05, 0) is 36.8 Å². The second-order valence-electron chi connectivity index (χ2n) is 7.53. The van der Waals surface area contributed by atoms with Crippen molar-refractivity contribution >= 4 is 11.8 Å². The molecular formula is C20H32N4O2. The lowest BCUT2D eigenvalue weighted by molar-refractivity contribution is -0.127. The van der Waals surface area contributed by atoms with Gasteiger partial charge >= 0.3 is 0 Å². The van der Waals surface area contributed by atoms with Gasteiger partial charge in [0.1, 0.15) is 0 Å². The summed E-state index contributed by atoms with van der Waals surface area (Å²) in [4.78, 5) is 26.3. The summed E-state index contributed by atoms with van der Waals surface area (Å²) in [5.74, 6) is -0.370. The molecule has 2 rings (SSSR count). The third kappa shape index (κ3) is 6.11. The average molecular weight is 361 g/mol. The first-order chi connectivity index (χ1) is 12.4. The standard InChI is InChI=1S/C20H32N4O2/c1-14(2)19(21)20(26)22-12-18(25)23-17-8-10-24(11-9-17)13-16-7-5-4-6-15(16)3/h4-7,14,17,19H,8-13,21H2,1-3H3,(H,22,26)(H,23,25)/t19-/m0/s1. The van der Waals surface area contributed by atoms with Gasteiger partial charge in [-0.3, -0.25) is 14.5 Å². The number of carbonyl (C=O) groups excluding carboxylic acids is 2. The fraction of sp³-hybridized carbons (Fsp3) is 0.600. The molecule has 1 aromatic carbocycles. The van der Waals surface area contributed by atoms with Crippen LogP contribution in [0.4, 0.5) is 0 Å². The van der Waals surface area contributed by atoms with Crippen LogP contribution in [0, 0.1) is 12.8 Å². The number of hydrogen-bond acceptors (Lipinski definition) is 4. The van der Waals surface area contributed by atoms with Crippen LogP contribution in [-0.2, 0) is 16.1 Å². The molecule has 4 N–H and O–H groups in total. The highest BCUT2D eigenvalue weighted by molar-refractivity contribution is 5.87. The molecule has 0 radical (unpaired) electrons. The van der Waals surface area contributed by atoms with Crippen molar-refractivity contribution < 1.29 is 9.59 Å². The fourth-order valence-electron chi connectivity index (χ4n) is 3.13. The molecule has 6 heteroatoms. The lowest BCUT2D eigenvalue weighted by atomic mass is 10.0. The van der Waals surface area contributed by atoms with Crippen molar-refractivity contribution in [3.05, 3.63) is 35.4 Å². The molecular weight excluding hydrogens is 328 g/mol.